The Labute approximate surface area is 59.8 Å². The van der Waals surface area contributed by atoms with Crippen molar-refractivity contribution in [2.45, 2.75) is 6.54 Å². The van der Waals surface area contributed by atoms with Gasteiger partial charge < -0.3 is 4.57 Å². The molecule has 0 saturated carbocycles. The minimum Gasteiger partial charge on any atom is -0.342 e. The maximum absolute atomic E-state index is 10.2. The van der Waals surface area contributed by atoms with Crippen LogP contribution in [-0.2, 0) is 6.54 Å². The number of carbonyl (C=O) groups excluding carboxylic acids is 1. The van der Waals surface area contributed by atoms with E-state index in [0.29, 0.717) is 12.1 Å². The second-order valence-corrected chi connectivity index (χ2v) is 1.96. The molecule has 0 N–H and O–H groups in total. The molecule has 10 heavy (non-hydrogen) atoms. The Kier molecular flexibility index (Phi) is 2.05. The van der Waals surface area contributed by atoms with Gasteiger partial charge in [0.15, 0.2) is 6.29 Å². The third kappa shape index (κ3) is 1.35. The van der Waals surface area contributed by atoms with Crippen molar-refractivity contribution in [3.05, 3.63) is 36.7 Å². The minimum absolute atomic E-state index is 0.654. The van der Waals surface area contributed by atoms with Gasteiger partial charge >= 0.3 is 0 Å². The molecule has 0 aromatic carbocycles. The Bertz CT molecular complexity index is 237. The maximum Gasteiger partial charge on any atom is 0.151 e. The number of aromatic nitrogens is 1. The molecule has 1 radical (unpaired) electrons. The topological polar surface area (TPSA) is 22.0 Å². The Morgan fingerprint density at radius 2 is 2.60 bits per heavy atom. The average Bonchev–Trinajstić information content (AvgIpc) is 2.37. The van der Waals surface area contributed by atoms with E-state index in [0.717, 1.165) is 6.29 Å². The summed E-state index contributed by atoms with van der Waals surface area (Å²) in [6, 6.07) is 1.65. The van der Waals surface area contributed by atoms with E-state index in [2.05, 4.69) is 12.8 Å². The van der Waals surface area contributed by atoms with E-state index in [1.165, 1.54) is 0 Å². The summed E-state index contributed by atoms with van der Waals surface area (Å²) < 4.78 is 1.77. The smallest absolute Gasteiger partial charge is 0.151 e. The lowest BCUT2D eigenvalue weighted by Crippen LogP contribution is -1.89. The van der Waals surface area contributed by atoms with Crippen LogP contribution in [0.4, 0.5) is 0 Å². The van der Waals surface area contributed by atoms with Gasteiger partial charge in [0.05, 0.1) is 6.20 Å². The number of allylic oxidation sites excluding steroid dienone is 1. The van der Waals surface area contributed by atoms with E-state index in [9.17, 15) is 4.79 Å². The SMILES string of the molecule is C=CCn1[c]cc(C=O)c1. The molecule has 2 heteroatoms. The predicted molar refractivity (Wildman–Crippen MR) is 38.9 cm³/mol. The van der Waals surface area contributed by atoms with Gasteiger partial charge in [-0.05, 0) is 6.07 Å². The van der Waals surface area contributed by atoms with Gasteiger partial charge in [-0.2, -0.15) is 0 Å². The van der Waals surface area contributed by atoms with Crippen molar-refractivity contribution in [3.8, 4) is 0 Å². The van der Waals surface area contributed by atoms with E-state index in [4.69, 9.17) is 0 Å². The molecule has 1 heterocycles. The number of nitrogens with zero attached hydrogens (tertiary/aromatic N) is 1. The molecule has 0 saturated heterocycles. The van der Waals surface area contributed by atoms with Gasteiger partial charge in [-0.1, -0.05) is 6.08 Å². The molecule has 0 amide bonds. The molecule has 0 spiro atoms. The standard InChI is InChI=1S/C8H8NO/c1-2-4-9-5-3-8(6-9)7-10/h2-3,6-7H,1,4H2. The molecule has 1 aromatic heterocycles. The number of hydrogen-bond donors (Lipinski definition) is 0. The fourth-order valence-electron chi connectivity index (χ4n) is 0.721. The molecule has 1 rings (SSSR count). The summed E-state index contributed by atoms with van der Waals surface area (Å²) in [5.41, 5.74) is 0.654. The summed E-state index contributed by atoms with van der Waals surface area (Å²) in [6.07, 6.45) is 7.16. The second-order valence-electron chi connectivity index (χ2n) is 1.96. The highest BCUT2D eigenvalue weighted by Crippen LogP contribution is 1.95. The summed E-state index contributed by atoms with van der Waals surface area (Å²) in [6.45, 7) is 4.26. The number of hydrogen-bond acceptors (Lipinski definition) is 1. The molecule has 0 aliphatic carbocycles. The van der Waals surface area contributed by atoms with Gasteiger partial charge in [0.1, 0.15) is 0 Å². The van der Waals surface area contributed by atoms with Crippen molar-refractivity contribution in [1.29, 1.82) is 0 Å². The zero-order valence-electron chi connectivity index (χ0n) is 5.58. The highest BCUT2D eigenvalue weighted by atomic mass is 16.1. The molecular weight excluding hydrogens is 126 g/mol. The quantitative estimate of drug-likeness (QED) is 0.451. The van der Waals surface area contributed by atoms with Crippen molar-refractivity contribution in [1.82, 2.24) is 4.57 Å². The van der Waals surface area contributed by atoms with Crippen molar-refractivity contribution in [2.24, 2.45) is 0 Å². The fraction of sp³-hybridized carbons (Fsp3) is 0.125. The summed E-state index contributed by atoms with van der Waals surface area (Å²) in [5, 5.41) is 0. The van der Waals surface area contributed by atoms with Crippen LogP contribution in [0.3, 0.4) is 0 Å². The molecule has 0 bridgehead atoms. The van der Waals surface area contributed by atoms with Crippen LogP contribution in [0.5, 0.6) is 0 Å². The minimum atomic E-state index is 0.654. The van der Waals surface area contributed by atoms with Crippen LogP contribution in [0.2, 0.25) is 0 Å². The Morgan fingerprint density at radius 3 is 3.10 bits per heavy atom. The summed E-state index contributed by atoms with van der Waals surface area (Å²) in [7, 11) is 0. The third-order valence-corrected chi connectivity index (χ3v) is 1.16. The van der Waals surface area contributed by atoms with Gasteiger partial charge in [0, 0.05) is 18.3 Å². The lowest BCUT2D eigenvalue weighted by molar-refractivity contribution is 0.112. The largest absolute Gasteiger partial charge is 0.342 e. The first-order valence-electron chi connectivity index (χ1n) is 3.00. The number of rotatable bonds is 3. The monoisotopic (exact) mass is 134 g/mol. The molecule has 0 aliphatic rings. The van der Waals surface area contributed by atoms with Crippen LogP contribution in [0.1, 0.15) is 10.4 Å². The molecule has 0 unspecified atom stereocenters. The van der Waals surface area contributed by atoms with Crippen molar-refractivity contribution in [2.75, 3.05) is 0 Å². The lowest BCUT2D eigenvalue weighted by Gasteiger charge is -1.91. The van der Waals surface area contributed by atoms with E-state index in [1.54, 1.807) is 22.9 Å². The molecule has 1 aromatic rings. The summed E-state index contributed by atoms with van der Waals surface area (Å²) >= 11 is 0. The number of carbonyl (C=O) groups is 1. The first-order chi connectivity index (χ1) is 4.86. The molecule has 0 atom stereocenters. The van der Waals surface area contributed by atoms with Gasteiger partial charge in [-0.15, -0.1) is 6.58 Å². The normalized spacial score (nSPS) is 9.20. The maximum atomic E-state index is 10.2. The van der Waals surface area contributed by atoms with Crippen LogP contribution in [-0.4, -0.2) is 10.9 Å². The van der Waals surface area contributed by atoms with E-state index < -0.39 is 0 Å². The van der Waals surface area contributed by atoms with Crippen molar-refractivity contribution in [3.63, 3.8) is 0 Å². The zero-order valence-corrected chi connectivity index (χ0v) is 5.58. The van der Waals surface area contributed by atoms with E-state index in [1.807, 2.05) is 0 Å². The fourth-order valence-corrected chi connectivity index (χ4v) is 0.721. The molecular formula is C8H8NO. The van der Waals surface area contributed by atoms with Gasteiger partial charge in [-0.25, -0.2) is 0 Å². The molecule has 2 nitrogen and oxygen atoms in total. The van der Waals surface area contributed by atoms with Crippen molar-refractivity contribution >= 4 is 6.29 Å². The van der Waals surface area contributed by atoms with E-state index in [-0.39, 0.29) is 0 Å². The summed E-state index contributed by atoms with van der Waals surface area (Å²) in [5.74, 6) is 0. The first-order valence-corrected chi connectivity index (χ1v) is 3.00. The zero-order chi connectivity index (χ0) is 7.40. The van der Waals surface area contributed by atoms with Gasteiger partial charge in [0.25, 0.3) is 0 Å². The van der Waals surface area contributed by atoms with Crippen molar-refractivity contribution < 1.29 is 4.79 Å². The lowest BCUT2D eigenvalue weighted by atomic mass is 10.4. The third-order valence-electron chi connectivity index (χ3n) is 1.16. The Morgan fingerprint density at radius 1 is 1.80 bits per heavy atom. The Balaban J connectivity index is 2.77. The van der Waals surface area contributed by atoms with Crippen LogP contribution >= 0.6 is 0 Å². The molecule has 0 fully saturated rings. The second kappa shape index (κ2) is 3.01. The summed E-state index contributed by atoms with van der Waals surface area (Å²) in [4.78, 5) is 10.2. The van der Waals surface area contributed by atoms with Crippen LogP contribution in [0.15, 0.2) is 24.9 Å². The van der Waals surface area contributed by atoms with Crippen LogP contribution in [0, 0.1) is 6.20 Å². The number of aldehydes is 1. The first kappa shape index (κ1) is 6.81. The highest BCUT2D eigenvalue weighted by Gasteiger charge is 1.91. The molecule has 51 valence electrons. The van der Waals surface area contributed by atoms with E-state index >= 15 is 0 Å². The Hall–Kier alpha value is -1.31. The highest BCUT2D eigenvalue weighted by molar-refractivity contribution is 5.74. The van der Waals surface area contributed by atoms with Crippen LogP contribution in [0.25, 0.3) is 0 Å². The van der Waals surface area contributed by atoms with Gasteiger partial charge in [-0.3, -0.25) is 4.79 Å². The molecule has 0 aliphatic heterocycles. The average molecular weight is 134 g/mol. The van der Waals surface area contributed by atoms with Gasteiger partial charge in [0.2, 0.25) is 0 Å². The predicted octanol–water partition coefficient (Wildman–Crippen LogP) is 1.29. The van der Waals surface area contributed by atoms with Crippen LogP contribution < -0.4 is 0 Å².